The molecule has 1 rings (SSSR count). The van der Waals surface area contributed by atoms with Crippen LogP contribution in [0.3, 0.4) is 0 Å². The molecule has 0 aliphatic carbocycles. The zero-order valence-electron chi connectivity index (χ0n) is 10.4. The number of hydrogen-bond donors (Lipinski definition) is 0. The molecule has 0 saturated carbocycles. The fourth-order valence-electron chi connectivity index (χ4n) is 1.45. The van der Waals surface area contributed by atoms with Crippen LogP contribution in [-0.4, -0.2) is 38.0 Å². The SMILES string of the molecule is COCCOCCOC(CI)c1ccccc1Br. The van der Waals surface area contributed by atoms with Crippen LogP contribution < -0.4 is 0 Å². The van der Waals surface area contributed by atoms with Gasteiger partial charge in [0.1, 0.15) is 0 Å². The van der Waals surface area contributed by atoms with Gasteiger partial charge in [-0.25, -0.2) is 0 Å². The first-order valence-corrected chi connectivity index (χ1v) is 8.10. The molecule has 0 aliphatic heterocycles. The average Bonchev–Trinajstić information content (AvgIpc) is 2.39. The van der Waals surface area contributed by atoms with E-state index >= 15 is 0 Å². The van der Waals surface area contributed by atoms with Crippen molar-refractivity contribution in [2.45, 2.75) is 6.10 Å². The monoisotopic (exact) mass is 428 g/mol. The first kappa shape index (κ1) is 16.4. The molecule has 1 unspecified atom stereocenters. The second-order valence-corrected chi connectivity index (χ2v) is 5.38. The Balaban J connectivity index is 2.32. The van der Waals surface area contributed by atoms with E-state index in [-0.39, 0.29) is 6.10 Å². The van der Waals surface area contributed by atoms with Gasteiger partial charge in [-0.3, -0.25) is 0 Å². The topological polar surface area (TPSA) is 27.7 Å². The van der Waals surface area contributed by atoms with Gasteiger partial charge in [0.2, 0.25) is 0 Å². The van der Waals surface area contributed by atoms with Crippen molar-refractivity contribution in [1.29, 1.82) is 0 Å². The van der Waals surface area contributed by atoms with E-state index in [9.17, 15) is 0 Å². The summed E-state index contributed by atoms with van der Waals surface area (Å²) >= 11 is 5.89. The minimum Gasteiger partial charge on any atom is -0.382 e. The molecule has 1 aromatic rings. The summed E-state index contributed by atoms with van der Waals surface area (Å²) in [7, 11) is 1.67. The van der Waals surface area contributed by atoms with Crippen LogP contribution in [0.5, 0.6) is 0 Å². The molecule has 5 heteroatoms. The molecule has 1 aromatic carbocycles. The molecular weight excluding hydrogens is 411 g/mol. The van der Waals surface area contributed by atoms with Gasteiger partial charge in [0.05, 0.1) is 32.5 Å². The smallest absolute Gasteiger partial charge is 0.0926 e. The highest BCUT2D eigenvalue weighted by Crippen LogP contribution is 2.27. The van der Waals surface area contributed by atoms with E-state index in [1.165, 1.54) is 5.56 Å². The van der Waals surface area contributed by atoms with Crippen molar-refractivity contribution < 1.29 is 14.2 Å². The number of methoxy groups -OCH3 is 1. The Hall–Kier alpha value is 0.310. The summed E-state index contributed by atoms with van der Waals surface area (Å²) in [5.41, 5.74) is 1.18. The van der Waals surface area contributed by atoms with Crippen molar-refractivity contribution in [1.82, 2.24) is 0 Å². The Kier molecular flexibility index (Phi) is 9.22. The Bertz CT molecular complexity index is 336. The van der Waals surface area contributed by atoms with Crippen molar-refractivity contribution in [2.24, 2.45) is 0 Å². The Labute approximate surface area is 130 Å². The third-order valence-electron chi connectivity index (χ3n) is 2.37. The quantitative estimate of drug-likeness (QED) is 0.341. The van der Waals surface area contributed by atoms with E-state index in [0.29, 0.717) is 26.4 Å². The number of alkyl halides is 1. The predicted octanol–water partition coefficient (Wildman–Crippen LogP) is 3.60. The zero-order valence-corrected chi connectivity index (χ0v) is 14.1. The highest BCUT2D eigenvalue weighted by atomic mass is 127. The molecule has 0 aliphatic rings. The number of hydrogen-bond acceptors (Lipinski definition) is 3. The maximum absolute atomic E-state index is 5.84. The average molecular weight is 429 g/mol. The lowest BCUT2D eigenvalue weighted by atomic mass is 10.1. The first-order valence-electron chi connectivity index (χ1n) is 5.78. The standard InChI is InChI=1S/C13H18BrIO3/c1-16-6-7-17-8-9-18-13(10-15)11-4-2-3-5-12(11)14/h2-5,13H,6-10H2,1H3. The molecule has 18 heavy (non-hydrogen) atoms. The van der Waals surface area contributed by atoms with Crippen LogP contribution >= 0.6 is 38.5 Å². The van der Waals surface area contributed by atoms with Crippen molar-refractivity contribution in [2.75, 3.05) is 38.0 Å². The molecule has 0 saturated heterocycles. The molecule has 102 valence electrons. The van der Waals surface area contributed by atoms with Gasteiger partial charge in [0.15, 0.2) is 0 Å². The minimum absolute atomic E-state index is 0.104. The second-order valence-electron chi connectivity index (χ2n) is 3.64. The molecule has 0 spiro atoms. The highest BCUT2D eigenvalue weighted by molar-refractivity contribution is 14.1. The first-order chi connectivity index (χ1) is 8.79. The Morgan fingerprint density at radius 2 is 1.89 bits per heavy atom. The van der Waals surface area contributed by atoms with Crippen LogP contribution in [0.25, 0.3) is 0 Å². The van der Waals surface area contributed by atoms with Crippen molar-refractivity contribution in [3.63, 3.8) is 0 Å². The second kappa shape index (κ2) is 10.1. The molecule has 1 atom stereocenters. The van der Waals surface area contributed by atoms with Crippen molar-refractivity contribution >= 4 is 38.5 Å². The molecular formula is C13H18BrIO3. The van der Waals surface area contributed by atoms with E-state index in [4.69, 9.17) is 14.2 Å². The van der Waals surface area contributed by atoms with Gasteiger partial charge >= 0.3 is 0 Å². The lowest BCUT2D eigenvalue weighted by molar-refractivity contribution is 0.00103. The van der Waals surface area contributed by atoms with Gasteiger partial charge in [0, 0.05) is 16.0 Å². The summed E-state index contributed by atoms with van der Waals surface area (Å²) in [6, 6.07) is 8.15. The van der Waals surface area contributed by atoms with Crippen LogP contribution in [0.1, 0.15) is 11.7 Å². The lowest BCUT2D eigenvalue weighted by Gasteiger charge is -2.17. The van der Waals surface area contributed by atoms with Crippen molar-refractivity contribution in [3.05, 3.63) is 34.3 Å². The summed E-state index contributed by atoms with van der Waals surface area (Å²) in [4.78, 5) is 0. The van der Waals surface area contributed by atoms with Crippen LogP contribution in [0.15, 0.2) is 28.7 Å². The fourth-order valence-corrected chi connectivity index (χ4v) is 2.72. The lowest BCUT2D eigenvalue weighted by Crippen LogP contribution is -2.13. The third kappa shape index (κ3) is 5.97. The number of rotatable bonds is 9. The highest BCUT2D eigenvalue weighted by Gasteiger charge is 2.12. The van der Waals surface area contributed by atoms with Gasteiger partial charge in [0.25, 0.3) is 0 Å². The number of ether oxygens (including phenoxy) is 3. The van der Waals surface area contributed by atoms with E-state index in [2.05, 4.69) is 44.6 Å². The molecule has 0 bridgehead atoms. The molecule has 0 fully saturated rings. The molecule has 3 nitrogen and oxygen atoms in total. The van der Waals surface area contributed by atoms with Gasteiger partial charge in [-0.15, -0.1) is 0 Å². The van der Waals surface area contributed by atoms with E-state index in [0.717, 1.165) is 8.90 Å². The Morgan fingerprint density at radius 1 is 1.17 bits per heavy atom. The zero-order chi connectivity index (χ0) is 13.2. The van der Waals surface area contributed by atoms with Crippen LogP contribution in [0, 0.1) is 0 Å². The molecule has 0 heterocycles. The van der Waals surface area contributed by atoms with Crippen molar-refractivity contribution in [3.8, 4) is 0 Å². The van der Waals surface area contributed by atoms with Gasteiger partial charge in [-0.1, -0.05) is 56.7 Å². The fraction of sp³-hybridized carbons (Fsp3) is 0.538. The summed E-state index contributed by atoms with van der Waals surface area (Å²) in [6.45, 7) is 2.43. The molecule has 0 N–H and O–H groups in total. The number of benzene rings is 1. The van der Waals surface area contributed by atoms with E-state index < -0.39 is 0 Å². The normalized spacial score (nSPS) is 12.6. The van der Waals surface area contributed by atoms with Gasteiger partial charge in [-0.05, 0) is 11.6 Å². The summed E-state index contributed by atoms with van der Waals surface area (Å²) in [6.07, 6.45) is 0.104. The molecule has 0 aromatic heterocycles. The van der Waals surface area contributed by atoms with E-state index in [1.807, 2.05) is 18.2 Å². The molecule has 0 radical (unpaired) electrons. The third-order valence-corrected chi connectivity index (χ3v) is 3.89. The maximum Gasteiger partial charge on any atom is 0.0926 e. The minimum atomic E-state index is 0.104. The number of halogens is 2. The van der Waals surface area contributed by atoms with Gasteiger partial charge in [-0.2, -0.15) is 0 Å². The predicted molar refractivity (Wildman–Crippen MR) is 84.4 cm³/mol. The van der Waals surface area contributed by atoms with Crippen LogP contribution in [0.2, 0.25) is 0 Å². The van der Waals surface area contributed by atoms with Gasteiger partial charge < -0.3 is 14.2 Å². The van der Waals surface area contributed by atoms with Crippen LogP contribution in [0.4, 0.5) is 0 Å². The Morgan fingerprint density at radius 3 is 2.56 bits per heavy atom. The largest absolute Gasteiger partial charge is 0.382 e. The maximum atomic E-state index is 5.84. The molecule has 0 amide bonds. The summed E-state index contributed by atoms with van der Waals surface area (Å²) in [5.74, 6) is 0. The van der Waals surface area contributed by atoms with E-state index in [1.54, 1.807) is 7.11 Å². The van der Waals surface area contributed by atoms with Crippen LogP contribution in [-0.2, 0) is 14.2 Å². The summed E-state index contributed by atoms with van der Waals surface area (Å²) in [5, 5.41) is 0. The summed E-state index contributed by atoms with van der Waals surface area (Å²) < 4.78 is 18.1.